The van der Waals surface area contributed by atoms with Crippen LogP contribution in [0.1, 0.15) is 44.8 Å². The first kappa shape index (κ1) is 12.9. The number of nitrogens with zero attached hydrogens (tertiary/aromatic N) is 1. The van der Waals surface area contributed by atoms with Gasteiger partial charge in [0.2, 0.25) is 0 Å². The van der Waals surface area contributed by atoms with Gasteiger partial charge in [0.25, 0.3) is 0 Å². The highest BCUT2D eigenvalue weighted by atomic mass is 79.9. The van der Waals surface area contributed by atoms with E-state index in [2.05, 4.69) is 33.8 Å². The molecule has 0 saturated heterocycles. The summed E-state index contributed by atoms with van der Waals surface area (Å²) < 4.78 is 1.09. The van der Waals surface area contributed by atoms with Gasteiger partial charge in [-0.05, 0) is 59.8 Å². The van der Waals surface area contributed by atoms with Crippen LogP contribution in [0.25, 0.3) is 0 Å². The molecular weight excluding hydrogens is 278 g/mol. The van der Waals surface area contributed by atoms with E-state index in [4.69, 9.17) is 0 Å². The molecule has 0 spiro atoms. The molecule has 3 heteroatoms. The van der Waals surface area contributed by atoms with E-state index < -0.39 is 6.10 Å². The Bertz CT molecular complexity index is 388. The maximum Gasteiger partial charge on any atom is 0.0762 e. The molecule has 0 radical (unpaired) electrons. The fourth-order valence-electron chi connectivity index (χ4n) is 2.14. The average molecular weight is 298 g/mol. The Balaban J connectivity index is 2.24. The summed E-state index contributed by atoms with van der Waals surface area (Å²) in [6.45, 7) is 5.12. The van der Waals surface area contributed by atoms with Crippen molar-refractivity contribution >= 4 is 21.6 Å². The SMILES string of the molecule is CCCN(c1ccc([C@@H](C)O)cc1Br)C1CC1. The highest BCUT2D eigenvalue weighted by Crippen LogP contribution is 2.37. The largest absolute Gasteiger partial charge is 0.389 e. The van der Waals surface area contributed by atoms with Crippen molar-refractivity contribution in [3.05, 3.63) is 28.2 Å². The van der Waals surface area contributed by atoms with Gasteiger partial charge in [-0.2, -0.15) is 0 Å². The number of hydrogen-bond acceptors (Lipinski definition) is 2. The molecule has 1 fully saturated rings. The van der Waals surface area contributed by atoms with Gasteiger partial charge < -0.3 is 10.0 Å². The fraction of sp³-hybridized carbons (Fsp3) is 0.571. The summed E-state index contributed by atoms with van der Waals surface area (Å²) in [5.74, 6) is 0. The molecule has 0 aromatic heterocycles. The zero-order valence-electron chi connectivity index (χ0n) is 10.5. The third-order valence-electron chi connectivity index (χ3n) is 3.22. The smallest absolute Gasteiger partial charge is 0.0762 e. The molecule has 1 atom stereocenters. The zero-order valence-corrected chi connectivity index (χ0v) is 12.1. The molecule has 17 heavy (non-hydrogen) atoms. The lowest BCUT2D eigenvalue weighted by Crippen LogP contribution is -2.26. The van der Waals surface area contributed by atoms with Gasteiger partial charge in [0.05, 0.1) is 11.8 Å². The molecule has 0 bridgehead atoms. The van der Waals surface area contributed by atoms with E-state index in [0.717, 1.165) is 22.6 Å². The molecule has 2 rings (SSSR count). The predicted octanol–water partition coefficient (Wildman–Crippen LogP) is 3.88. The first-order chi connectivity index (χ1) is 8.13. The number of rotatable bonds is 5. The van der Waals surface area contributed by atoms with Crippen LogP contribution in [-0.2, 0) is 0 Å². The van der Waals surface area contributed by atoms with Crippen molar-refractivity contribution in [3.63, 3.8) is 0 Å². The van der Waals surface area contributed by atoms with Gasteiger partial charge in [0.15, 0.2) is 0 Å². The normalized spacial score (nSPS) is 16.9. The van der Waals surface area contributed by atoms with E-state index in [0.29, 0.717) is 0 Å². The molecular formula is C14H20BrNO. The van der Waals surface area contributed by atoms with Crippen LogP contribution in [0.15, 0.2) is 22.7 Å². The van der Waals surface area contributed by atoms with Crippen LogP contribution in [0.2, 0.25) is 0 Å². The van der Waals surface area contributed by atoms with E-state index in [1.165, 1.54) is 24.9 Å². The van der Waals surface area contributed by atoms with E-state index in [1.54, 1.807) is 6.92 Å². The summed E-state index contributed by atoms with van der Waals surface area (Å²) in [7, 11) is 0. The van der Waals surface area contributed by atoms with Crippen molar-refractivity contribution < 1.29 is 5.11 Å². The minimum absolute atomic E-state index is 0.402. The quantitative estimate of drug-likeness (QED) is 0.891. The number of anilines is 1. The molecule has 0 unspecified atom stereocenters. The van der Waals surface area contributed by atoms with Crippen LogP contribution >= 0.6 is 15.9 Å². The number of aliphatic hydroxyl groups excluding tert-OH is 1. The average Bonchev–Trinajstić information content (AvgIpc) is 3.10. The zero-order chi connectivity index (χ0) is 12.4. The molecule has 1 N–H and O–H groups in total. The Kier molecular flexibility index (Phi) is 4.10. The second-order valence-corrected chi connectivity index (χ2v) is 5.67. The Morgan fingerprint density at radius 2 is 2.18 bits per heavy atom. The minimum Gasteiger partial charge on any atom is -0.389 e. The summed E-state index contributed by atoms with van der Waals surface area (Å²) in [4.78, 5) is 2.48. The predicted molar refractivity (Wildman–Crippen MR) is 75.4 cm³/mol. The maximum atomic E-state index is 9.57. The molecule has 1 aromatic carbocycles. The van der Waals surface area contributed by atoms with E-state index in [1.807, 2.05) is 12.1 Å². The van der Waals surface area contributed by atoms with Crippen molar-refractivity contribution in [1.82, 2.24) is 0 Å². The van der Waals surface area contributed by atoms with Gasteiger partial charge in [-0.1, -0.05) is 13.0 Å². The molecule has 1 aliphatic rings. The molecule has 1 aromatic rings. The van der Waals surface area contributed by atoms with E-state index >= 15 is 0 Å². The fourth-order valence-corrected chi connectivity index (χ4v) is 2.77. The molecule has 1 saturated carbocycles. The van der Waals surface area contributed by atoms with Crippen molar-refractivity contribution in [2.45, 2.75) is 45.3 Å². The van der Waals surface area contributed by atoms with Crippen LogP contribution in [0, 0.1) is 0 Å². The molecule has 0 heterocycles. The van der Waals surface area contributed by atoms with Crippen LogP contribution in [-0.4, -0.2) is 17.7 Å². The third-order valence-corrected chi connectivity index (χ3v) is 3.85. The number of benzene rings is 1. The van der Waals surface area contributed by atoms with Gasteiger partial charge >= 0.3 is 0 Å². The highest BCUT2D eigenvalue weighted by Gasteiger charge is 2.29. The summed E-state index contributed by atoms with van der Waals surface area (Å²) in [6.07, 6.45) is 3.39. The summed E-state index contributed by atoms with van der Waals surface area (Å²) in [6, 6.07) is 6.91. The lowest BCUT2D eigenvalue weighted by molar-refractivity contribution is 0.199. The van der Waals surface area contributed by atoms with E-state index in [9.17, 15) is 5.11 Å². The van der Waals surface area contributed by atoms with Gasteiger partial charge in [0.1, 0.15) is 0 Å². The minimum atomic E-state index is -0.402. The first-order valence-electron chi connectivity index (χ1n) is 6.37. The van der Waals surface area contributed by atoms with E-state index in [-0.39, 0.29) is 0 Å². The lowest BCUT2D eigenvalue weighted by Gasteiger charge is -2.26. The summed E-state index contributed by atoms with van der Waals surface area (Å²) in [5.41, 5.74) is 2.23. The van der Waals surface area contributed by atoms with Gasteiger partial charge in [-0.25, -0.2) is 0 Å². The van der Waals surface area contributed by atoms with Crippen LogP contribution in [0.5, 0.6) is 0 Å². The highest BCUT2D eigenvalue weighted by molar-refractivity contribution is 9.10. The monoisotopic (exact) mass is 297 g/mol. The van der Waals surface area contributed by atoms with Crippen molar-refractivity contribution in [2.75, 3.05) is 11.4 Å². The molecule has 1 aliphatic carbocycles. The third kappa shape index (κ3) is 3.02. The van der Waals surface area contributed by atoms with Crippen molar-refractivity contribution in [3.8, 4) is 0 Å². The standard InChI is InChI=1S/C14H20BrNO/c1-3-8-16(12-5-6-12)14-7-4-11(10(2)17)9-13(14)15/h4,7,9-10,12,17H,3,5-6,8H2,1-2H3/t10-/m1/s1. The Morgan fingerprint density at radius 3 is 2.65 bits per heavy atom. The summed E-state index contributed by atoms with van der Waals surface area (Å²) in [5, 5.41) is 9.57. The Hall–Kier alpha value is -0.540. The molecule has 0 aliphatic heterocycles. The maximum absolute atomic E-state index is 9.57. The molecule has 94 valence electrons. The Labute approximate surface area is 112 Å². The Morgan fingerprint density at radius 1 is 1.47 bits per heavy atom. The number of aliphatic hydroxyl groups is 1. The second-order valence-electron chi connectivity index (χ2n) is 4.81. The van der Waals surface area contributed by atoms with Crippen LogP contribution < -0.4 is 4.90 Å². The molecule has 2 nitrogen and oxygen atoms in total. The van der Waals surface area contributed by atoms with Crippen molar-refractivity contribution in [2.24, 2.45) is 0 Å². The van der Waals surface area contributed by atoms with Gasteiger partial charge in [-0.15, -0.1) is 0 Å². The molecule has 0 amide bonds. The van der Waals surface area contributed by atoms with Gasteiger partial charge in [-0.3, -0.25) is 0 Å². The topological polar surface area (TPSA) is 23.5 Å². The van der Waals surface area contributed by atoms with Gasteiger partial charge in [0, 0.05) is 17.1 Å². The van der Waals surface area contributed by atoms with Crippen LogP contribution in [0.4, 0.5) is 5.69 Å². The number of hydrogen-bond donors (Lipinski definition) is 1. The lowest BCUT2D eigenvalue weighted by atomic mass is 10.1. The summed E-state index contributed by atoms with van der Waals surface area (Å²) >= 11 is 3.63. The first-order valence-corrected chi connectivity index (χ1v) is 7.17. The number of halogens is 1. The van der Waals surface area contributed by atoms with Crippen LogP contribution in [0.3, 0.4) is 0 Å². The second kappa shape index (κ2) is 5.40. The van der Waals surface area contributed by atoms with Crippen molar-refractivity contribution in [1.29, 1.82) is 0 Å².